The summed E-state index contributed by atoms with van der Waals surface area (Å²) in [5, 5.41) is 5.90. The van der Waals surface area contributed by atoms with Crippen LogP contribution in [-0.2, 0) is 13.1 Å². The van der Waals surface area contributed by atoms with Crippen molar-refractivity contribution in [2.45, 2.75) is 26.9 Å². The molecule has 8 rings (SSSR count). The number of aryl methyl sites for hydroxylation is 2. The average molecular weight is 689 g/mol. The summed E-state index contributed by atoms with van der Waals surface area (Å²) < 4.78 is 0. The second-order valence-corrected chi connectivity index (χ2v) is 11.9. The maximum Gasteiger partial charge on any atom is 0.141 e. The van der Waals surface area contributed by atoms with Gasteiger partial charge in [-0.3, -0.25) is 9.97 Å². The van der Waals surface area contributed by atoms with Gasteiger partial charge in [0.2, 0.25) is 0 Å². The van der Waals surface area contributed by atoms with E-state index in [0.717, 1.165) is 67.1 Å². The van der Waals surface area contributed by atoms with E-state index in [0.29, 0.717) is 24.1 Å². The van der Waals surface area contributed by atoms with Crippen LogP contribution in [0.4, 0.5) is 5.82 Å². The van der Waals surface area contributed by atoms with Crippen molar-refractivity contribution in [2.75, 3.05) is 5.32 Å². The topological polar surface area (TPSA) is 115 Å². The zero-order chi connectivity index (χ0) is 35.4. The number of hydrogen-bond acceptors (Lipinski definition) is 8. The maximum absolute atomic E-state index is 6.27. The molecule has 0 unspecified atom stereocenters. The van der Waals surface area contributed by atoms with Gasteiger partial charge in [-0.2, -0.15) is 0 Å². The van der Waals surface area contributed by atoms with E-state index in [1.807, 2.05) is 117 Å². The predicted octanol–water partition coefficient (Wildman–Crippen LogP) is 9.41. The van der Waals surface area contributed by atoms with Crippen molar-refractivity contribution >= 4 is 39.2 Å². The number of halogens is 1. The first-order valence-corrected chi connectivity index (χ1v) is 16.9. The molecule has 252 valence electrons. The van der Waals surface area contributed by atoms with E-state index in [1.165, 1.54) is 0 Å². The number of pyridine rings is 2. The number of nitrogens with one attached hydrogen (secondary N) is 1. The van der Waals surface area contributed by atoms with Crippen molar-refractivity contribution in [1.29, 1.82) is 0 Å². The second-order valence-electron chi connectivity index (χ2n) is 11.5. The first-order chi connectivity index (χ1) is 25.0. The van der Waals surface area contributed by atoms with Gasteiger partial charge in [0.25, 0.3) is 0 Å². The standard InChI is InChI=1S/C21H18N4.C15H11ClN2.C6H8N2/c1-15-24-19-12-7-11-18(16-8-3-2-4-9-16)20(19)21(25-15)23-14-17-10-5-6-13-22-17;1-10-17-13-9-5-8-12(14(13)15(16)18-10)11-6-3-2-4-7-11;7-5-6-3-1-2-4-8-6/h2-13H,14H2,1H3,(H,23,24,25);2-9H,1H3;1-4H,5,7H2. The largest absolute Gasteiger partial charge is 0.364 e. The fourth-order valence-electron chi connectivity index (χ4n) is 5.59. The summed E-state index contributed by atoms with van der Waals surface area (Å²) in [6.07, 6.45) is 3.54. The molecule has 4 heterocycles. The average Bonchev–Trinajstić information content (AvgIpc) is 3.18. The second kappa shape index (κ2) is 17.0. The Bertz CT molecular complexity index is 2320. The highest BCUT2D eigenvalue weighted by molar-refractivity contribution is 6.35. The summed E-state index contributed by atoms with van der Waals surface area (Å²) >= 11 is 6.27. The van der Waals surface area contributed by atoms with Gasteiger partial charge in [0.15, 0.2) is 0 Å². The zero-order valence-electron chi connectivity index (χ0n) is 28.4. The Kier molecular flexibility index (Phi) is 11.6. The van der Waals surface area contributed by atoms with Crippen molar-refractivity contribution in [3.05, 3.63) is 174 Å². The Hall–Kier alpha value is -6.09. The molecule has 0 aliphatic carbocycles. The van der Waals surface area contributed by atoms with Crippen LogP contribution in [0.25, 0.3) is 44.1 Å². The molecule has 0 bridgehead atoms. The molecule has 0 spiro atoms. The molecule has 0 atom stereocenters. The number of nitrogens with two attached hydrogens (primary N) is 1. The molecule has 51 heavy (non-hydrogen) atoms. The third-order valence-corrected chi connectivity index (χ3v) is 8.17. The summed E-state index contributed by atoms with van der Waals surface area (Å²) in [6.45, 7) is 4.91. The van der Waals surface area contributed by atoms with Gasteiger partial charge in [-0.1, -0.05) is 109 Å². The molecule has 4 aromatic heterocycles. The van der Waals surface area contributed by atoms with Crippen molar-refractivity contribution < 1.29 is 0 Å². The van der Waals surface area contributed by atoms with Crippen molar-refractivity contribution in [2.24, 2.45) is 5.73 Å². The Labute approximate surface area is 302 Å². The summed E-state index contributed by atoms with van der Waals surface area (Å²) in [5.41, 5.74) is 13.5. The molecule has 4 aromatic carbocycles. The number of fused-ring (bicyclic) bond motifs is 2. The highest BCUT2D eigenvalue weighted by Crippen LogP contribution is 2.33. The Balaban J connectivity index is 0.000000150. The van der Waals surface area contributed by atoms with Crippen LogP contribution in [0.2, 0.25) is 5.15 Å². The van der Waals surface area contributed by atoms with Gasteiger partial charge in [0.1, 0.15) is 22.6 Å². The molecule has 0 amide bonds. The lowest BCUT2D eigenvalue weighted by Crippen LogP contribution is -2.06. The van der Waals surface area contributed by atoms with E-state index in [-0.39, 0.29) is 0 Å². The van der Waals surface area contributed by atoms with Crippen molar-refractivity contribution in [3.63, 3.8) is 0 Å². The van der Waals surface area contributed by atoms with E-state index >= 15 is 0 Å². The minimum Gasteiger partial charge on any atom is -0.364 e. The summed E-state index contributed by atoms with van der Waals surface area (Å²) in [4.78, 5) is 26.3. The molecule has 0 aliphatic rings. The molecule has 0 saturated carbocycles. The number of hydrogen-bond donors (Lipinski definition) is 2. The highest BCUT2D eigenvalue weighted by atomic mass is 35.5. The van der Waals surface area contributed by atoms with Crippen LogP contribution in [0.1, 0.15) is 23.0 Å². The third-order valence-electron chi connectivity index (χ3n) is 7.89. The number of benzene rings is 4. The van der Waals surface area contributed by atoms with E-state index < -0.39 is 0 Å². The van der Waals surface area contributed by atoms with Crippen LogP contribution in [0, 0.1) is 13.8 Å². The lowest BCUT2D eigenvalue weighted by molar-refractivity contribution is 0.991. The minimum atomic E-state index is 0.511. The quantitative estimate of drug-likeness (QED) is 0.166. The highest BCUT2D eigenvalue weighted by Gasteiger charge is 2.12. The van der Waals surface area contributed by atoms with Gasteiger partial charge >= 0.3 is 0 Å². The van der Waals surface area contributed by atoms with Crippen LogP contribution in [0.15, 0.2) is 146 Å². The summed E-state index contributed by atoms with van der Waals surface area (Å²) in [5.74, 6) is 2.28. The van der Waals surface area contributed by atoms with Gasteiger partial charge in [-0.05, 0) is 72.5 Å². The van der Waals surface area contributed by atoms with Crippen LogP contribution < -0.4 is 11.1 Å². The first-order valence-electron chi connectivity index (χ1n) is 16.5. The summed E-state index contributed by atoms with van der Waals surface area (Å²) in [6, 6.07) is 44.3. The Morgan fingerprint density at radius 2 is 1.04 bits per heavy atom. The van der Waals surface area contributed by atoms with Gasteiger partial charge in [-0.15, -0.1) is 0 Å². The number of nitrogens with zero attached hydrogens (tertiary/aromatic N) is 6. The number of aromatic nitrogens is 6. The predicted molar refractivity (Wildman–Crippen MR) is 208 cm³/mol. The lowest BCUT2D eigenvalue weighted by Gasteiger charge is -2.13. The first kappa shape index (κ1) is 34.8. The molecular formula is C42H37ClN8. The van der Waals surface area contributed by atoms with Crippen LogP contribution >= 0.6 is 11.6 Å². The smallest absolute Gasteiger partial charge is 0.141 e. The van der Waals surface area contributed by atoms with E-state index in [4.69, 9.17) is 17.3 Å². The normalized spacial score (nSPS) is 10.5. The Morgan fingerprint density at radius 1 is 0.529 bits per heavy atom. The molecule has 3 N–H and O–H groups in total. The summed E-state index contributed by atoms with van der Waals surface area (Å²) in [7, 11) is 0. The zero-order valence-corrected chi connectivity index (χ0v) is 29.2. The van der Waals surface area contributed by atoms with Crippen LogP contribution in [-0.4, -0.2) is 29.9 Å². The SMILES string of the molecule is Cc1nc(Cl)c2c(-c3ccccc3)cccc2n1.Cc1nc(NCc2ccccn2)c2c(-c3ccccc3)cccc2n1.NCc1ccccn1. The molecule has 0 aliphatic heterocycles. The third kappa shape index (κ3) is 8.93. The monoisotopic (exact) mass is 688 g/mol. The molecule has 9 heteroatoms. The van der Waals surface area contributed by atoms with Gasteiger partial charge < -0.3 is 11.1 Å². The number of rotatable bonds is 6. The number of anilines is 1. The van der Waals surface area contributed by atoms with Crippen LogP contribution in [0.3, 0.4) is 0 Å². The molecule has 0 saturated heterocycles. The molecular weight excluding hydrogens is 652 g/mol. The molecule has 0 radical (unpaired) electrons. The molecule has 0 fully saturated rings. The van der Waals surface area contributed by atoms with Crippen molar-refractivity contribution in [3.8, 4) is 22.3 Å². The van der Waals surface area contributed by atoms with Crippen LogP contribution in [0.5, 0.6) is 0 Å². The Morgan fingerprint density at radius 3 is 1.57 bits per heavy atom. The maximum atomic E-state index is 6.27. The van der Waals surface area contributed by atoms with E-state index in [2.05, 4.69) is 65.6 Å². The van der Waals surface area contributed by atoms with E-state index in [1.54, 1.807) is 12.4 Å². The van der Waals surface area contributed by atoms with Gasteiger partial charge in [0.05, 0.1) is 34.4 Å². The van der Waals surface area contributed by atoms with Crippen molar-refractivity contribution in [1.82, 2.24) is 29.9 Å². The molecule has 8 nitrogen and oxygen atoms in total. The lowest BCUT2D eigenvalue weighted by atomic mass is 10.0. The van der Waals surface area contributed by atoms with Gasteiger partial charge in [-0.25, -0.2) is 19.9 Å². The minimum absolute atomic E-state index is 0.511. The van der Waals surface area contributed by atoms with E-state index in [9.17, 15) is 0 Å². The molecule has 8 aromatic rings. The fourth-order valence-corrected chi connectivity index (χ4v) is 5.91. The van der Waals surface area contributed by atoms with Gasteiger partial charge in [0, 0.05) is 24.3 Å². The fraction of sp³-hybridized carbons (Fsp3) is 0.0952.